The highest BCUT2D eigenvalue weighted by Crippen LogP contribution is 2.34. The first kappa shape index (κ1) is 8.75. The lowest BCUT2D eigenvalue weighted by atomic mass is 9.79. The van der Waals surface area contributed by atoms with Gasteiger partial charge in [0.05, 0.1) is 19.3 Å². The van der Waals surface area contributed by atoms with Gasteiger partial charge in [0.2, 0.25) is 0 Å². The smallest absolute Gasteiger partial charge is 0.129 e. The van der Waals surface area contributed by atoms with E-state index in [0.29, 0.717) is 13.2 Å². The first-order chi connectivity index (χ1) is 7.34. The quantitative estimate of drug-likeness (QED) is 0.746. The van der Waals surface area contributed by atoms with Crippen LogP contribution in [0.5, 0.6) is 0 Å². The molecule has 0 bridgehead atoms. The zero-order chi connectivity index (χ0) is 10.3. The highest BCUT2D eigenvalue weighted by atomic mass is 16.5. The minimum Gasteiger partial charge on any atom is -0.384 e. The topological polar surface area (TPSA) is 45.0 Å². The van der Waals surface area contributed by atoms with Crippen LogP contribution in [0.1, 0.15) is 11.1 Å². The van der Waals surface area contributed by atoms with Crippen LogP contribution in [0, 0.1) is 11.3 Å². The van der Waals surface area contributed by atoms with Gasteiger partial charge in [0, 0.05) is 12.2 Å². The number of ether oxygens (including phenoxy) is 1. The van der Waals surface area contributed by atoms with Gasteiger partial charge in [-0.2, -0.15) is 5.26 Å². The van der Waals surface area contributed by atoms with Crippen molar-refractivity contribution in [1.29, 1.82) is 5.26 Å². The summed E-state index contributed by atoms with van der Waals surface area (Å²) >= 11 is 0. The summed E-state index contributed by atoms with van der Waals surface area (Å²) in [5, 5.41) is 12.5. The molecule has 0 amide bonds. The van der Waals surface area contributed by atoms with Gasteiger partial charge in [-0.1, -0.05) is 12.1 Å². The van der Waals surface area contributed by atoms with Crippen LogP contribution in [-0.2, 0) is 16.6 Å². The fourth-order valence-corrected chi connectivity index (χ4v) is 2.20. The predicted molar refractivity (Wildman–Crippen MR) is 56.7 cm³/mol. The van der Waals surface area contributed by atoms with Crippen molar-refractivity contribution < 1.29 is 4.74 Å². The van der Waals surface area contributed by atoms with Crippen molar-refractivity contribution in [1.82, 2.24) is 0 Å². The van der Waals surface area contributed by atoms with E-state index in [1.807, 2.05) is 6.07 Å². The maximum absolute atomic E-state index is 9.19. The summed E-state index contributed by atoms with van der Waals surface area (Å²) in [6, 6.07) is 8.65. The molecule has 1 aromatic carbocycles. The Labute approximate surface area is 88.7 Å². The fourth-order valence-electron chi connectivity index (χ4n) is 2.20. The SMILES string of the molecule is N#CC1(c2ccc3c(c2)CCN3)COC1. The van der Waals surface area contributed by atoms with Gasteiger partial charge in [-0.25, -0.2) is 0 Å². The third-order valence-corrected chi connectivity index (χ3v) is 3.28. The van der Waals surface area contributed by atoms with Crippen molar-refractivity contribution in [3.05, 3.63) is 29.3 Å². The lowest BCUT2D eigenvalue weighted by Gasteiger charge is -2.35. The highest BCUT2D eigenvalue weighted by Gasteiger charge is 2.41. The Morgan fingerprint density at radius 2 is 2.27 bits per heavy atom. The maximum Gasteiger partial charge on any atom is 0.129 e. The minimum absolute atomic E-state index is 0.377. The molecule has 0 saturated carbocycles. The number of rotatable bonds is 1. The zero-order valence-electron chi connectivity index (χ0n) is 8.42. The van der Waals surface area contributed by atoms with Crippen LogP contribution in [0.2, 0.25) is 0 Å². The normalized spacial score (nSPS) is 21.0. The van der Waals surface area contributed by atoms with E-state index in [1.165, 1.54) is 11.3 Å². The zero-order valence-corrected chi connectivity index (χ0v) is 8.42. The van der Waals surface area contributed by atoms with Crippen molar-refractivity contribution >= 4 is 5.69 Å². The molecular formula is C12H12N2O. The molecule has 1 saturated heterocycles. The lowest BCUT2D eigenvalue weighted by Crippen LogP contribution is -2.45. The predicted octanol–water partition coefficient (Wildman–Crippen LogP) is 1.45. The Balaban J connectivity index is 2.03. The summed E-state index contributed by atoms with van der Waals surface area (Å²) < 4.78 is 5.16. The summed E-state index contributed by atoms with van der Waals surface area (Å²) in [6.07, 6.45) is 1.06. The largest absolute Gasteiger partial charge is 0.384 e. The number of nitrogens with zero attached hydrogens (tertiary/aromatic N) is 1. The molecule has 76 valence electrons. The summed E-state index contributed by atoms with van der Waals surface area (Å²) in [6.45, 7) is 2.08. The second-order valence-corrected chi connectivity index (χ2v) is 4.24. The standard InChI is InChI=1S/C12H12N2O/c13-6-12(7-15-8-12)10-1-2-11-9(5-10)3-4-14-11/h1-2,5,14H,3-4,7-8H2. The highest BCUT2D eigenvalue weighted by molar-refractivity contribution is 5.58. The first-order valence-electron chi connectivity index (χ1n) is 5.20. The number of benzene rings is 1. The van der Waals surface area contributed by atoms with Crippen molar-refractivity contribution in [3.63, 3.8) is 0 Å². The lowest BCUT2D eigenvalue weighted by molar-refractivity contribution is -0.0298. The van der Waals surface area contributed by atoms with E-state index in [-0.39, 0.29) is 5.41 Å². The van der Waals surface area contributed by atoms with Crippen LogP contribution in [0.4, 0.5) is 5.69 Å². The van der Waals surface area contributed by atoms with Crippen LogP contribution in [0.25, 0.3) is 0 Å². The van der Waals surface area contributed by atoms with E-state index < -0.39 is 0 Å². The average molecular weight is 200 g/mol. The molecule has 0 atom stereocenters. The molecule has 0 spiro atoms. The molecule has 0 unspecified atom stereocenters. The third-order valence-electron chi connectivity index (χ3n) is 3.28. The molecule has 3 nitrogen and oxygen atoms in total. The number of hydrogen-bond acceptors (Lipinski definition) is 3. The van der Waals surface area contributed by atoms with E-state index in [2.05, 4.69) is 23.5 Å². The van der Waals surface area contributed by atoms with Gasteiger partial charge >= 0.3 is 0 Å². The van der Waals surface area contributed by atoms with Crippen LogP contribution in [-0.4, -0.2) is 19.8 Å². The van der Waals surface area contributed by atoms with E-state index in [0.717, 1.165) is 18.5 Å². The summed E-state index contributed by atoms with van der Waals surface area (Å²) in [4.78, 5) is 0. The summed E-state index contributed by atoms with van der Waals surface area (Å²) in [5.74, 6) is 0. The van der Waals surface area contributed by atoms with Gasteiger partial charge in [-0.3, -0.25) is 0 Å². The van der Waals surface area contributed by atoms with Crippen LogP contribution in [0.15, 0.2) is 18.2 Å². The number of anilines is 1. The molecular weight excluding hydrogens is 188 g/mol. The van der Waals surface area contributed by atoms with Gasteiger partial charge in [0.15, 0.2) is 0 Å². The number of fused-ring (bicyclic) bond motifs is 1. The fraction of sp³-hybridized carbons (Fsp3) is 0.417. The van der Waals surface area contributed by atoms with Crippen LogP contribution < -0.4 is 5.32 Å². The molecule has 1 N–H and O–H groups in total. The average Bonchev–Trinajstić information content (AvgIpc) is 2.64. The van der Waals surface area contributed by atoms with E-state index >= 15 is 0 Å². The Morgan fingerprint density at radius 3 is 2.93 bits per heavy atom. The molecule has 3 rings (SSSR count). The molecule has 0 radical (unpaired) electrons. The van der Waals surface area contributed by atoms with Crippen molar-refractivity contribution in [2.75, 3.05) is 25.1 Å². The molecule has 1 fully saturated rings. The molecule has 15 heavy (non-hydrogen) atoms. The number of nitriles is 1. The van der Waals surface area contributed by atoms with Crippen LogP contribution in [0.3, 0.4) is 0 Å². The van der Waals surface area contributed by atoms with Gasteiger partial charge in [-0.15, -0.1) is 0 Å². The summed E-state index contributed by atoms with van der Waals surface area (Å²) in [7, 11) is 0. The van der Waals surface area contributed by atoms with Gasteiger partial charge in [0.1, 0.15) is 5.41 Å². The molecule has 2 aliphatic heterocycles. The maximum atomic E-state index is 9.19. The van der Waals surface area contributed by atoms with Crippen molar-refractivity contribution in [3.8, 4) is 6.07 Å². The minimum atomic E-state index is -0.377. The summed E-state index contributed by atoms with van der Waals surface area (Å²) in [5.41, 5.74) is 3.28. The van der Waals surface area contributed by atoms with E-state index in [9.17, 15) is 5.26 Å². The second-order valence-electron chi connectivity index (χ2n) is 4.24. The van der Waals surface area contributed by atoms with E-state index in [4.69, 9.17) is 4.74 Å². The number of nitrogens with one attached hydrogen (secondary N) is 1. The van der Waals surface area contributed by atoms with Crippen molar-refractivity contribution in [2.24, 2.45) is 0 Å². The first-order valence-corrected chi connectivity index (χ1v) is 5.20. The van der Waals surface area contributed by atoms with Gasteiger partial charge in [0.25, 0.3) is 0 Å². The van der Waals surface area contributed by atoms with Gasteiger partial charge < -0.3 is 10.1 Å². The van der Waals surface area contributed by atoms with Gasteiger partial charge in [-0.05, 0) is 23.6 Å². The van der Waals surface area contributed by atoms with E-state index in [1.54, 1.807) is 0 Å². The van der Waals surface area contributed by atoms with Crippen molar-refractivity contribution in [2.45, 2.75) is 11.8 Å². The monoisotopic (exact) mass is 200 g/mol. The Hall–Kier alpha value is -1.53. The molecule has 2 aliphatic rings. The Kier molecular flexibility index (Phi) is 1.74. The molecule has 1 aromatic rings. The molecule has 0 aromatic heterocycles. The molecule has 3 heteroatoms. The number of hydrogen-bond donors (Lipinski definition) is 1. The Bertz CT molecular complexity index is 443. The van der Waals surface area contributed by atoms with Crippen LogP contribution >= 0.6 is 0 Å². The second kappa shape index (κ2) is 2.98. The molecule has 0 aliphatic carbocycles. The molecule has 2 heterocycles. The third kappa shape index (κ3) is 1.15. The Morgan fingerprint density at radius 1 is 1.40 bits per heavy atom.